The van der Waals surface area contributed by atoms with Crippen molar-refractivity contribution in [2.45, 2.75) is 20.3 Å². The minimum Gasteiger partial charge on any atom is -0.462 e. The summed E-state index contributed by atoms with van der Waals surface area (Å²) in [5.41, 5.74) is 1.61. The molecule has 0 heterocycles. The van der Waals surface area contributed by atoms with Crippen LogP contribution >= 0.6 is 0 Å². The summed E-state index contributed by atoms with van der Waals surface area (Å²) < 4.78 is 5.13. The van der Waals surface area contributed by atoms with Crippen molar-refractivity contribution in [3.8, 4) is 0 Å². The SMILES string of the molecule is CCN=C(C)CCOC(=O)c1ccccc1. The molecular formula is C13H17NO2. The molecule has 0 aliphatic rings. The first kappa shape index (κ1) is 12.4. The molecule has 1 aromatic carbocycles. The van der Waals surface area contributed by atoms with Crippen LogP contribution in [0.3, 0.4) is 0 Å². The summed E-state index contributed by atoms with van der Waals surface area (Å²) in [6, 6.07) is 9.00. The number of esters is 1. The maximum absolute atomic E-state index is 11.5. The van der Waals surface area contributed by atoms with E-state index in [1.807, 2.05) is 32.0 Å². The Morgan fingerprint density at radius 1 is 1.31 bits per heavy atom. The van der Waals surface area contributed by atoms with Crippen LogP contribution in [0.25, 0.3) is 0 Å². The van der Waals surface area contributed by atoms with E-state index < -0.39 is 0 Å². The van der Waals surface area contributed by atoms with E-state index in [1.54, 1.807) is 12.1 Å². The van der Waals surface area contributed by atoms with Crippen LogP contribution in [0.1, 0.15) is 30.6 Å². The van der Waals surface area contributed by atoms with Gasteiger partial charge in [-0.3, -0.25) is 4.99 Å². The molecule has 0 aromatic heterocycles. The molecule has 86 valence electrons. The van der Waals surface area contributed by atoms with Crippen LogP contribution in [0.2, 0.25) is 0 Å². The predicted octanol–water partition coefficient (Wildman–Crippen LogP) is 2.71. The van der Waals surface area contributed by atoms with Gasteiger partial charge in [0.1, 0.15) is 0 Å². The Balaban J connectivity index is 2.34. The van der Waals surface area contributed by atoms with Crippen molar-refractivity contribution >= 4 is 11.7 Å². The van der Waals surface area contributed by atoms with Gasteiger partial charge in [0.15, 0.2) is 0 Å². The van der Waals surface area contributed by atoms with Gasteiger partial charge in [-0.25, -0.2) is 4.79 Å². The number of hydrogen-bond acceptors (Lipinski definition) is 3. The molecule has 16 heavy (non-hydrogen) atoms. The molecule has 1 rings (SSSR count). The van der Waals surface area contributed by atoms with Crippen molar-refractivity contribution in [1.29, 1.82) is 0 Å². The fourth-order valence-electron chi connectivity index (χ4n) is 1.30. The standard InChI is InChI=1S/C13H17NO2/c1-3-14-11(2)9-10-16-13(15)12-7-5-4-6-8-12/h4-8H,3,9-10H2,1-2H3. The smallest absolute Gasteiger partial charge is 0.338 e. The lowest BCUT2D eigenvalue weighted by Gasteiger charge is -2.04. The molecule has 0 bridgehead atoms. The molecule has 0 saturated heterocycles. The summed E-state index contributed by atoms with van der Waals surface area (Å²) in [6.07, 6.45) is 0.701. The molecule has 0 atom stereocenters. The molecule has 0 unspecified atom stereocenters. The number of carbonyl (C=O) groups excluding carboxylic acids is 1. The number of hydrogen-bond donors (Lipinski definition) is 0. The average Bonchev–Trinajstić information content (AvgIpc) is 2.30. The monoisotopic (exact) mass is 219 g/mol. The second-order valence-electron chi connectivity index (χ2n) is 3.46. The number of ether oxygens (including phenoxy) is 1. The van der Waals surface area contributed by atoms with Gasteiger partial charge >= 0.3 is 5.97 Å². The molecular weight excluding hydrogens is 202 g/mol. The van der Waals surface area contributed by atoms with Gasteiger partial charge in [0.25, 0.3) is 0 Å². The predicted molar refractivity (Wildman–Crippen MR) is 65.0 cm³/mol. The lowest BCUT2D eigenvalue weighted by Crippen LogP contribution is -2.08. The molecule has 0 amide bonds. The largest absolute Gasteiger partial charge is 0.462 e. The van der Waals surface area contributed by atoms with Crippen LogP contribution in [0.4, 0.5) is 0 Å². The highest BCUT2D eigenvalue weighted by molar-refractivity contribution is 5.89. The van der Waals surface area contributed by atoms with E-state index in [0.29, 0.717) is 18.6 Å². The summed E-state index contributed by atoms with van der Waals surface area (Å²) in [5, 5.41) is 0. The number of nitrogens with zero attached hydrogens (tertiary/aromatic N) is 1. The van der Waals surface area contributed by atoms with Gasteiger partial charge in [-0.2, -0.15) is 0 Å². The van der Waals surface area contributed by atoms with Crippen molar-refractivity contribution in [3.05, 3.63) is 35.9 Å². The van der Waals surface area contributed by atoms with E-state index in [0.717, 1.165) is 12.3 Å². The second-order valence-corrected chi connectivity index (χ2v) is 3.46. The summed E-state index contributed by atoms with van der Waals surface area (Å²) in [5.74, 6) is -0.273. The molecule has 0 aliphatic carbocycles. The van der Waals surface area contributed by atoms with Gasteiger partial charge < -0.3 is 4.74 Å². The maximum Gasteiger partial charge on any atom is 0.338 e. The number of aliphatic imine (C=N–C) groups is 1. The zero-order valence-electron chi connectivity index (χ0n) is 9.77. The summed E-state index contributed by atoms with van der Waals surface area (Å²) in [6.45, 7) is 5.10. The highest BCUT2D eigenvalue weighted by Crippen LogP contribution is 2.01. The van der Waals surface area contributed by atoms with E-state index in [2.05, 4.69) is 4.99 Å². The van der Waals surface area contributed by atoms with Crippen LogP contribution in [0.15, 0.2) is 35.3 Å². The van der Waals surface area contributed by atoms with Crippen molar-refractivity contribution in [2.75, 3.05) is 13.2 Å². The Morgan fingerprint density at radius 3 is 2.62 bits per heavy atom. The Kier molecular flexibility index (Phi) is 5.26. The van der Waals surface area contributed by atoms with Gasteiger partial charge in [-0.1, -0.05) is 18.2 Å². The van der Waals surface area contributed by atoms with Crippen molar-refractivity contribution in [2.24, 2.45) is 4.99 Å². The first-order valence-electron chi connectivity index (χ1n) is 5.46. The highest BCUT2D eigenvalue weighted by Gasteiger charge is 2.05. The third-order valence-corrected chi connectivity index (χ3v) is 2.13. The Bertz CT molecular complexity index is 357. The lowest BCUT2D eigenvalue weighted by atomic mass is 10.2. The zero-order chi connectivity index (χ0) is 11.8. The van der Waals surface area contributed by atoms with E-state index >= 15 is 0 Å². The molecule has 1 aromatic rings. The molecule has 3 nitrogen and oxygen atoms in total. The number of carbonyl (C=O) groups is 1. The van der Waals surface area contributed by atoms with Gasteiger partial charge in [0.05, 0.1) is 12.2 Å². The minimum absolute atomic E-state index is 0.273. The molecule has 0 fully saturated rings. The Hall–Kier alpha value is -1.64. The van der Waals surface area contributed by atoms with Gasteiger partial charge in [-0.05, 0) is 26.0 Å². The van der Waals surface area contributed by atoms with Crippen molar-refractivity contribution in [1.82, 2.24) is 0 Å². The van der Waals surface area contributed by atoms with E-state index in [9.17, 15) is 4.79 Å². The van der Waals surface area contributed by atoms with E-state index in [1.165, 1.54) is 0 Å². The van der Waals surface area contributed by atoms with E-state index in [4.69, 9.17) is 4.74 Å². The Morgan fingerprint density at radius 2 is 2.00 bits per heavy atom. The molecule has 3 heteroatoms. The molecule has 0 radical (unpaired) electrons. The van der Waals surface area contributed by atoms with Crippen LogP contribution in [-0.2, 0) is 4.74 Å². The topological polar surface area (TPSA) is 38.7 Å². The normalized spacial score (nSPS) is 11.2. The van der Waals surface area contributed by atoms with Gasteiger partial charge in [0.2, 0.25) is 0 Å². The second kappa shape index (κ2) is 6.77. The summed E-state index contributed by atoms with van der Waals surface area (Å²) in [4.78, 5) is 15.7. The molecule has 0 aliphatic heterocycles. The number of rotatable bonds is 5. The minimum atomic E-state index is -0.273. The highest BCUT2D eigenvalue weighted by atomic mass is 16.5. The van der Waals surface area contributed by atoms with Gasteiger partial charge in [-0.15, -0.1) is 0 Å². The third-order valence-electron chi connectivity index (χ3n) is 2.13. The Labute approximate surface area is 96.2 Å². The average molecular weight is 219 g/mol. The quantitative estimate of drug-likeness (QED) is 0.564. The summed E-state index contributed by atoms with van der Waals surface area (Å²) >= 11 is 0. The first-order chi connectivity index (χ1) is 7.74. The fourth-order valence-corrected chi connectivity index (χ4v) is 1.30. The first-order valence-corrected chi connectivity index (χ1v) is 5.46. The van der Waals surface area contributed by atoms with Crippen LogP contribution in [0, 0.1) is 0 Å². The van der Waals surface area contributed by atoms with Crippen LogP contribution in [0.5, 0.6) is 0 Å². The zero-order valence-corrected chi connectivity index (χ0v) is 9.77. The van der Waals surface area contributed by atoms with Crippen LogP contribution < -0.4 is 0 Å². The molecule has 0 spiro atoms. The summed E-state index contributed by atoms with van der Waals surface area (Å²) in [7, 11) is 0. The number of benzene rings is 1. The van der Waals surface area contributed by atoms with Crippen LogP contribution in [-0.4, -0.2) is 24.8 Å². The fraction of sp³-hybridized carbons (Fsp3) is 0.385. The lowest BCUT2D eigenvalue weighted by molar-refractivity contribution is 0.0515. The van der Waals surface area contributed by atoms with E-state index in [-0.39, 0.29) is 5.97 Å². The van der Waals surface area contributed by atoms with Crippen molar-refractivity contribution < 1.29 is 9.53 Å². The third kappa shape index (κ3) is 4.26. The van der Waals surface area contributed by atoms with Gasteiger partial charge in [0, 0.05) is 18.7 Å². The van der Waals surface area contributed by atoms with Crippen molar-refractivity contribution in [3.63, 3.8) is 0 Å². The molecule has 0 saturated carbocycles. The molecule has 0 N–H and O–H groups in total. The maximum atomic E-state index is 11.5.